The molecule has 0 amide bonds. The van der Waals surface area contributed by atoms with Crippen molar-refractivity contribution in [1.82, 2.24) is 0 Å². The molecule has 0 radical (unpaired) electrons. The molecule has 0 aliphatic carbocycles. The van der Waals surface area contributed by atoms with Crippen molar-refractivity contribution in [3.05, 3.63) is 36.5 Å². The normalized spacial score (nSPS) is 13.2. The summed E-state index contributed by atoms with van der Waals surface area (Å²) in [5.41, 5.74) is 2.42. The van der Waals surface area contributed by atoms with Crippen LogP contribution in [0.1, 0.15) is 34.6 Å². The maximum Gasteiger partial charge on any atom is 0.0343 e. The molecule has 0 aromatic rings. The largest absolute Gasteiger partial charge is 0.154 e. The van der Waals surface area contributed by atoms with Crippen LogP contribution in [0.5, 0.6) is 0 Å². The summed E-state index contributed by atoms with van der Waals surface area (Å²) in [6, 6.07) is 0. The lowest BCUT2D eigenvalue weighted by Crippen LogP contribution is -2.15. The first-order chi connectivity index (χ1) is 6.61. The molecule has 0 atom stereocenters. The fourth-order valence-corrected chi connectivity index (χ4v) is 1.11. The Kier molecular flexibility index (Phi) is 4.92. The van der Waals surface area contributed by atoms with Gasteiger partial charge in [-0.2, -0.15) is 11.8 Å². The van der Waals surface area contributed by atoms with Crippen molar-refractivity contribution in [3.8, 4) is 0 Å². The van der Waals surface area contributed by atoms with Gasteiger partial charge in [-0.25, -0.2) is 0 Å². The predicted molar refractivity (Wildman–Crippen MR) is 74.5 cm³/mol. The maximum atomic E-state index is 4.10. The number of rotatable bonds is 4. The Hall–Kier alpha value is -0.430. The van der Waals surface area contributed by atoms with E-state index in [-0.39, 0.29) is 10.2 Å². The van der Waals surface area contributed by atoms with Gasteiger partial charge >= 0.3 is 0 Å². The molecule has 0 fully saturated rings. The van der Waals surface area contributed by atoms with Crippen LogP contribution in [0.4, 0.5) is 0 Å². The Morgan fingerprint density at radius 3 is 1.67 bits per heavy atom. The second kappa shape index (κ2) is 5.07. The summed E-state index contributed by atoms with van der Waals surface area (Å²) < 4.78 is 0.106. The molecule has 0 saturated carbocycles. The average Bonchev–Trinajstić information content (AvgIpc) is 2.11. The highest BCUT2D eigenvalue weighted by Gasteiger charge is 2.18. The monoisotopic (exact) mass is 224 g/mol. The Bertz CT molecular complexity index is 274. The average molecular weight is 224 g/mol. The van der Waals surface area contributed by atoms with Gasteiger partial charge in [-0.15, -0.1) is 0 Å². The van der Waals surface area contributed by atoms with Crippen LogP contribution in [0.15, 0.2) is 36.5 Å². The molecule has 0 heterocycles. The zero-order valence-electron chi connectivity index (χ0n) is 11.0. The van der Waals surface area contributed by atoms with Gasteiger partial charge in [-0.05, 0) is 36.7 Å². The molecular formula is C14H24S. The van der Waals surface area contributed by atoms with Gasteiger partial charge in [-0.1, -0.05) is 46.1 Å². The molecule has 0 aliphatic heterocycles. The molecule has 0 aromatic carbocycles. The minimum Gasteiger partial charge on any atom is -0.154 e. The Labute approximate surface area is 99.5 Å². The number of thioether (sulfide) groups is 1. The van der Waals surface area contributed by atoms with E-state index in [1.54, 1.807) is 0 Å². The van der Waals surface area contributed by atoms with Crippen LogP contribution >= 0.6 is 11.8 Å². The summed E-state index contributed by atoms with van der Waals surface area (Å²) in [5, 5.41) is 0. The molecule has 0 nitrogen and oxygen atoms in total. The van der Waals surface area contributed by atoms with E-state index in [0.717, 1.165) is 11.1 Å². The molecule has 0 aromatic heterocycles. The zero-order chi connectivity index (χ0) is 12.3. The van der Waals surface area contributed by atoms with Crippen LogP contribution in [-0.4, -0.2) is 11.0 Å². The molecule has 1 heteroatoms. The van der Waals surface area contributed by atoms with Crippen LogP contribution in [0, 0.1) is 5.41 Å². The molecule has 15 heavy (non-hydrogen) atoms. The van der Waals surface area contributed by atoms with Crippen molar-refractivity contribution < 1.29 is 0 Å². The van der Waals surface area contributed by atoms with Crippen LogP contribution < -0.4 is 0 Å². The van der Waals surface area contributed by atoms with Crippen molar-refractivity contribution in [2.75, 3.05) is 6.26 Å². The minimum atomic E-state index is 0.106. The van der Waals surface area contributed by atoms with Crippen molar-refractivity contribution in [3.63, 3.8) is 0 Å². The molecule has 86 valence electrons. The van der Waals surface area contributed by atoms with Crippen LogP contribution in [0.3, 0.4) is 0 Å². The number of allylic oxidation sites excluding steroid dienone is 3. The Morgan fingerprint density at radius 2 is 1.33 bits per heavy atom. The van der Waals surface area contributed by atoms with E-state index in [1.165, 1.54) is 0 Å². The van der Waals surface area contributed by atoms with Gasteiger partial charge in [0.15, 0.2) is 0 Å². The summed E-state index contributed by atoms with van der Waals surface area (Å²) in [6.07, 6.45) is 6.28. The number of hydrogen-bond donors (Lipinski definition) is 0. The van der Waals surface area contributed by atoms with E-state index in [4.69, 9.17) is 0 Å². The van der Waals surface area contributed by atoms with E-state index >= 15 is 0 Å². The summed E-state index contributed by atoms with van der Waals surface area (Å²) in [4.78, 5) is 0. The Morgan fingerprint density at radius 1 is 0.933 bits per heavy atom. The minimum absolute atomic E-state index is 0.106. The SMILES string of the molecule is C=C(/C=C\C(=C)C(C)(C)SC)C(C)(C)C. The molecular weight excluding hydrogens is 200 g/mol. The van der Waals surface area contributed by atoms with Crippen molar-refractivity contribution in [2.24, 2.45) is 5.41 Å². The van der Waals surface area contributed by atoms with Gasteiger partial charge in [0.2, 0.25) is 0 Å². The van der Waals surface area contributed by atoms with Crippen molar-refractivity contribution in [1.29, 1.82) is 0 Å². The first-order valence-electron chi connectivity index (χ1n) is 5.23. The molecule has 0 rings (SSSR count). The van der Waals surface area contributed by atoms with Gasteiger partial charge < -0.3 is 0 Å². The van der Waals surface area contributed by atoms with Gasteiger partial charge in [0.05, 0.1) is 0 Å². The fraction of sp³-hybridized carbons (Fsp3) is 0.571. The lowest BCUT2D eigenvalue weighted by atomic mass is 9.87. The molecule has 0 N–H and O–H groups in total. The van der Waals surface area contributed by atoms with E-state index < -0.39 is 0 Å². The van der Waals surface area contributed by atoms with Gasteiger partial charge in [0.25, 0.3) is 0 Å². The van der Waals surface area contributed by atoms with Crippen LogP contribution in [0.2, 0.25) is 0 Å². The summed E-state index contributed by atoms with van der Waals surface area (Å²) in [7, 11) is 0. The fourth-order valence-electron chi connectivity index (χ4n) is 0.783. The standard InChI is InChI=1S/C14H24S/c1-11(13(3,4)5)9-10-12(2)14(6,7)15-8/h9-10H,1-2H2,3-8H3/b10-9-. The lowest BCUT2D eigenvalue weighted by molar-refractivity contribution is 0.519. The van der Waals surface area contributed by atoms with Crippen molar-refractivity contribution >= 4 is 11.8 Å². The molecule has 0 unspecified atom stereocenters. The quantitative estimate of drug-likeness (QED) is 0.616. The lowest BCUT2D eigenvalue weighted by Gasteiger charge is -2.24. The van der Waals surface area contributed by atoms with Gasteiger partial charge in [0.1, 0.15) is 0 Å². The third-order valence-electron chi connectivity index (χ3n) is 2.73. The van der Waals surface area contributed by atoms with Crippen molar-refractivity contribution in [2.45, 2.75) is 39.4 Å². The summed E-state index contributed by atoms with van der Waals surface area (Å²) >= 11 is 1.81. The van der Waals surface area contributed by atoms with E-state index in [1.807, 2.05) is 11.8 Å². The highest BCUT2D eigenvalue weighted by molar-refractivity contribution is 8.00. The van der Waals surface area contributed by atoms with Crippen LogP contribution in [0.25, 0.3) is 0 Å². The molecule has 0 bridgehead atoms. The number of hydrogen-bond acceptors (Lipinski definition) is 1. The summed E-state index contributed by atoms with van der Waals surface area (Å²) in [5.74, 6) is 0. The first-order valence-corrected chi connectivity index (χ1v) is 6.45. The highest BCUT2D eigenvalue weighted by Crippen LogP contribution is 2.31. The summed E-state index contributed by atoms with van der Waals surface area (Å²) in [6.45, 7) is 19.0. The third-order valence-corrected chi connectivity index (χ3v) is 4.02. The smallest absolute Gasteiger partial charge is 0.0343 e. The van der Waals surface area contributed by atoms with Crippen LogP contribution in [-0.2, 0) is 0 Å². The van der Waals surface area contributed by atoms with E-state index in [9.17, 15) is 0 Å². The maximum absolute atomic E-state index is 4.10. The molecule has 0 aliphatic rings. The Balaban J connectivity index is 4.57. The van der Waals surface area contributed by atoms with Gasteiger partial charge in [-0.3, -0.25) is 0 Å². The molecule has 0 spiro atoms. The predicted octanol–water partition coefficient (Wildman–Crippen LogP) is 4.84. The first kappa shape index (κ1) is 14.6. The zero-order valence-corrected chi connectivity index (χ0v) is 11.8. The highest BCUT2D eigenvalue weighted by atomic mass is 32.2. The second-order valence-electron chi connectivity index (χ2n) is 5.35. The van der Waals surface area contributed by atoms with E-state index in [0.29, 0.717) is 0 Å². The third kappa shape index (κ3) is 4.74. The topological polar surface area (TPSA) is 0 Å². The van der Waals surface area contributed by atoms with Gasteiger partial charge in [0, 0.05) is 4.75 Å². The van der Waals surface area contributed by atoms with E-state index in [2.05, 4.69) is 66.2 Å². The second-order valence-corrected chi connectivity index (χ2v) is 6.78. The molecule has 0 saturated heterocycles.